The van der Waals surface area contributed by atoms with Crippen molar-refractivity contribution in [2.24, 2.45) is 0 Å². The van der Waals surface area contributed by atoms with Gasteiger partial charge in [0.15, 0.2) is 0 Å². The SMILES string of the molecule is [Ir].[c-]1ccc(-c2nc(-c3ccc(-c4ccccc4)cc3)cc(-c3cc(-c4ccccc4)cc(-c4ccccc4)c3)n2)cc1-c1nccc2ccccc12. The van der Waals surface area contributed by atoms with Crippen molar-refractivity contribution >= 4 is 10.8 Å². The van der Waals surface area contributed by atoms with E-state index in [1.54, 1.807) is 0 Å². The molecule has 0 aliphatic rings. The summed E-state index contributed by atoms with van der Waals surface area (Å²) in [6, 6.07) is 68.9. The zero-order chi connectivity index (χ0) is 34.7. The van der Waals surface area contributed by atoms with Crippen molar-refractivity contribution in [2.45, 2.75) is 0 Å². The number of hydrogen-bond acceptors (Lipinski definition) is 3. The van der Waals surface area contributed by atoms with Gasteiger partial charge in [-0.1, -0.05) is 145 Å². The summed E-state index contributed by atoms with van der Waals surface area (Å²) in [6.45, 7) is 0. The molecule has 0 N–H and O–H groups in total. The summed E-state index contributed by atoms with van der Waals surface area (Å²) in [6.07, 6.45) is 1.86. The van der Waals surface area contributed by atoms with Crippen LogP contribution in [0.1, 0.15) is 0 Å². The summed E-state index contributed by atoms with van der Waals surface area (Å²) < 4.78 is 0. The fraction of sp³-hybridized carbons (Fsp3) is 0. The quantitative estimate of drug-likeness (QED) is 0.150. The standard InChI is InChI=1S/C49H32N3.Ir/c1-4-13-34(14-5-1)37-23-25-39(26-24-37)46-33-47(44-31-42(35-15-6-2-7-16-35)30-43(32-44)36-17-8-3-9-18-36)52-49(51-46)41-21-12-20-40(29-41)48-45-22-11-10-19-38(45)27-28-50-48;/h1-19,21-33H;/q-1;. The first-order valence-corrected chi connectivity index (χ1v) is 17.4. The Morgan fingerprint density at radius 1 is 0.377 bits per heavy atom. The molecule has 2 aromatic heterocycles. The summed E-state index contributed by atoms with van der Waals surface area (Å²) in [7, 11) is 0. The molecule has 253 valence electrons. The molecule has 0 saturated carbocycles. The van der Waals surface area contributed by atoms with E-state index in [9.17, 15) is 0 Å². The second-order valence-electron chi connectivity index (χ2n) is 12.8. The molecule has 9 aromatic rings. The monoisotopic (exact) mass is 855 g/mol. The molecular weight excluding hydrogens is 823 g/mol. The summed E-state index contributed by atoms with van der Waals surface area (Å²) in [4.78, 5) is 15.3. The Hall–Kier alpha value is -6.32. The molecule has 0 bridgehead atoms. The van der Waals surface area contributed by atoms with Gasteiger partial charge in [-0.2, -0.15) is 0 Å². The molecule has 53 heavy (non-hydrogen) atoms. The molecule has 7 aromatic carbocycles. The third-order valence-electron chi connectivity index (χ3n) is 9.45. The van der Waals surface area contributed by atoms with Crippen LogP contribution in [0.15, 0.2) is 194 Å². The zero-order valence-corrected chi connectivity index (χ0v) is 31.0. The molecule has 0 fully saturated rings. The molecule has 3 nitrogen and oxygen atoms in total. The smallest absolute Gasteiger partial charge is 0.142 e. The number of nitrogens with zero attached hydrogens (tertiary/aromatic N) is 3. The van der Waals surface area contributed by atoms with Crippen LogP contribution in [0.3, 0.4) is 0 Å². The number of hydrogen-bond donors (Lipinski definition) is 0. The summed E-state index contributed by atoms with van der Waals surface area (Å²) >= 11 is 0. The summed E-state index contributed by atoms with van der Waals surface area (Å²) in [5.74, 6) is 0.640. The Labute approximate surface area is 323 Å². The molecule has 4 heteroatoms. The first-order chi connectivity index (χ1) is 25.7. The second kappa shape index (κ2) is 15.1. The molecule has 0 spiro atoms. The van der Waals surface area contributed by atoms with Crippen LogP contribution >= 0.6 is 0 Å². The van der Waals surface area contributed by atoms with Gasteiger partial charge in [-0.15, -0.1) is 29.8 Å². The molecule has 0 unspecified atom stereocenters. The molecular formula is C49H32IrN3-. The predicted octanol–water partition coefficient (Wildman–Crippen LogP) is 12.5. The van der Waals surface area contributed by atoms with Gasteiger partial charge in [-0.25, -0.2) is 9.97 Å². The number of aromatic nitrogens is 3. The largest absolute Gasteiger partial charge is 0.304 e. The average Bonchev–Trinajstić information content (AvgIpc) is 3.24. The maximum atomic E-state index is 5.29. The minimum absolute atomic E-state index is 0. The van der Waals surface area contributed by atoms with Crippen molar-refractivity contribution in [1.29, 1.82) is 0 Å². The normalized spacial score (nSPS) is 10.9. The molecule has 0 aliphatic carbocycles. The van der Waals surface area contributed by atoms with Crippen molar-refractivity contribution in [3.05, 3.63) is 200 Å². The average molecular weight is 855 g/mol. The van der Waals surface area contributed by atoms with Crippen LogP contribution in [-0.4, -0.2) is 15.0 Å². The van der Waals surface area contributed by atoms with Crippen LogP contribution in [0.25, 0.3) is 89.3 Å². The Bertz CT molecular complexity index is 2600. The van der Waals surface area contributed by atoms with E-state index in [2.05, 4.69) is 164 Å². The minimum atomic E-state index is 0. The molecule has 9 rings (SSSR count). The molecule has 0 amide bonds. The van der Waals surface area contributed by atoms with Gasteiger partial charge >= 0.3 is 0 Å². The second-order valence-corrected chi connectivity index (χ2v) is 12.8. The molecule has 2 heterocycles. The van der Waals surface area contributed by atoms with Crippen molar-refractivity contribution in [3.8, 4) is 78.5 Å². The van der Waals surface area contributed by atoms with Gasteiger partial charge in [-0.05, 0) is 80.2 Å². The zero-order valence-electron chi connectivity index (χ0n) is 28.7. The fourth-order valence-electron chi connectivity index (χ4n) is 6.78. The Kier molecular flexibility index (Phi) is 9.64. The molecule has 0 atom stereocenters. The van der Waals surface area contributed by atoms with Crippen LogP contribution in [-0.2, 0) is 20.1 Å². The molecule has 1 radical (unpaired) electrons. The maximum Gasteiger partial charge on any atom is 0.142 e. The number of fused-ring (bicyclic) bond motifs is 1. The summed E-state index contributed by atoms with van der Waals surface area (Å²) in [5.41, 5.74) is 13.3. The molecule has 0 saturated heterocycles. The van der Waals surface area contributed by atoms with Gasteiger partial charge in [0.2, 0.25) is 0 Å². The van der Waals surface area contributed by atoms with Crippen LogP contribution in [0.4, 0.5) is 0 Å². The van der Waals surface area contributed by atoms with Gasteiger partial charge in [0, 0.05) is 37.4 Å². The molecule has 0 aliphatic heterocycles. The third kappa shape index (κ3) is 7.11. The first kappa shape index (κ1) is 33.8. The van der Waals surface area contributed by atoms with E-state index in [0.29, 0.717) is 5.82 Å². The van der Waals surface area contributed by atoms with Gasteiger partial charge < -0.3 is 4.98 Å². The van der Waals surface area contributed by atoms with E-state index in [1.165, 1.54) is 5.56 Å². The van der Waals surface area contributed by atoms with Crippen molar-refractivity contribution in [2.75, 3.05) is 0 Å². The number of rotatable bonds is 7. The van der Waals surface area contributed by atoms with Crippen LogP contribution < -0.4 is 0 Å². The van der Waals surface area contributed by atoms with Gasteiger partial charge in [0.25, 0.3) is 0 Å². The minimum Gasteiger partial charge on any atom is -0.304 e. The van der Waals surface area contributed by atoms with E-state index in [0.717, 1.165) is 77.9 Å². The van der Waals surface area contributed by atoms with Gasteiger partial charge in [-0.3, -0.25) is 0 Å². The van der Waals surface area contributed by atoms with E-state index < -0.39 is 0 Å². The Morgan fingerprint density at radius 3 is 1.53 bits per heavy atom. The van der Waals surface area contributed by atoms with E-state index in [-0.39, 0.29) is 20.1 Å². The fourth-order valence-corrected chi connectivity index (χ4v) is 6.78. The third-order valence-corrected chi connectivity index (χ3v) is 9.45. The predicted molar refractivity (Wildman–Crippen MR) is 214 cm³/mol. The van der Waals surface area contributed by atoms with Gasteiger partial charge in [0.05, 0.1) is 11.4 Å². The number of pyridine rings is 1. The van der Waals surface area contributed by atoms with Crippen LogP contribution in [0.5, 0.6) is 0 Å². The van der Waals surface area contributed by atoms with E-state index in [1.807, 2.05) is 36.5 Å². The van der Waals surface area contributed by atoms with E-state index in [4.69, 9.17) is 15.0 Å². The van der Waals surface area contributed by atoms with Crippen LogP contribution in [0.2, 0.25) is 0 Å². The van der Waals surface area contributed by atoms with E-state index >= 15 is 0 Å². The van der Waals surface area contributed by atoms with Crippen LogP contribution in [0, 0.1) is 6.07 Å². The number of benzene rings is 7. The first-order valence-electron chi connectivity index (χ1n) is 17.4. The Morgan fingerprint density at radius 2 is 0.887 bits per heavy atom. The van der Waals surface area contributed by atoms with Crippen molar-refractivity contribution < 1.29 is 20.1 Å². The maximum absolute atomic E-state index is 5.29. The Balaban J connectivity index is 0.00000400. The van der Waals surface area contributed by atoms with Crippen molar-refractivity contribution in [3.63, 3.8) is 0 Å². The van der Waals surface area contributed by atoms with Gasteiger partial charge in [0.1, 0.15) is 5.82 Å². The summed E-state index contributed by atoms with van der Waals surface area (Å²) in [5, 5.41) is 2.22. The van der Waals surface area contributed by atoms with Crippen molar-refractivity contribution in [1.82, 2.24) is 15.0 Å². The topological polar surface area (TPSA) is 38.7 Å².